The average molecular weight is 1740 g/mol. The first-order valence-corrected chi connectivity index (χ1v) is 47.3. The third-order valence-electron chi connectivity index (χ3n) is 25.5. The largest absolute Gasteiger partial charge is 0.497 e. The molecule has 8 N–H and O–H groups in total. The number of hydrogen-bond donors (Lipinski definition) is 8. The number of hydrogen-bond acceptors (Lipinski definition) is 27. The summed E-state index contributed by atoms with van der Waals surface area (Å²) in [7, 11) is 1.67. The number of nitrogens with one attached hydrogen (secondary N) is 8. The van der Waals surface area contributed by atoms with Crippen molar-refractivity contribution in [2.75, 3.05) is 117 Å². The molecule has 19 rings (SSSR count). The Hall–Kier alpha value is -11.3. The van der Waals surface area contributed by atoms with Crippen molar-refractivity contribution < 1.29 is 23.7 Å². The summed E-state index contributed by atoms with van der Waals surface area (Å²) >= 11 is 0. The number of piperidine rings is 5. The van der Waals surface area contributed by atoms with Gasteiger partial charge in [-0.3, -0.25) is 0 Å². The van der Waals surface area contributed by atoms with Crippen molar-refractivity contribution in [1.82, 2.24) is 99.6 Å². The van der Waals surface area contributed by atoms with E-state index in [1.54, 1.807) is 11.6 Å². The van der Waals surface area contributed by atoms with Crippen LogP contribution >= 0.6 is 0 Å². The Balaban J connectivity index is 0.000000125. The molecule has 1 saturated carbocycles. The lowest BCUT2D eigenvalue weighted by Crippen LogP contribution is -2.37. The number of aromatic nitrogens is 16. The zero-order valence-electron chi connectivity index (χ0n) is 77.2. The van der Waals surface area contributed by atoms with Gasteiger partial charge < -0.3 is 76.0 Å². The number of para-hydroxylation sites is 2. The molecule has 31 nitrogen and oxygen atoms in total. The molecule has 8 atom stereocenters. The summed E-state index contributed by atoms with van der Waals surface area (Å²) in [6.45, 7) is 37.8. The fourth-order valence-electron chi connectivity index (χ4n) is 18.0. The van der Waals surface area contributed by atoms with Crippen molar-refractivity contribution in [3.63, 3.8) is 0 Å². The lowest BCUT2D eigenvalue weighted by molar-refractivity contribution is 0.153. The van der Waals surface area contributed by atoms with Crippen LogP contribution < -0.4 is 76.0 Å². The van der Waals surface area contributed by atoms with Crippen molar-refractivity contribution >= 4 is 57.8 Å². The van der Waals surface area contributed by atoms with E-state index in [-0.39, 0.29) is 48.6 Å². The highest BCUT2D eigenvalue weighted by Crippen LogP contribution is 2.44. The van der Waals surface area contributed by atoms with Gasteiger partial charge in [-0.2, -0.15) is 78.3 Å². The molecule has 8 aromatic heterocycles. The molecule has 6 saturated heterocycles. The van der Waals surface area contributed by atoms with Crippen molar-refractivity contribution in [2.45, 2.75) is 258 Å². The first kappa shape index (κ1) is 90.1. The predicted octanol–water partition coefficient (Wildman–Crippen LogP) is 16.7. The molecule has 0 amide bonds. The highest BCUT2D eigenvalue weighted by atomic mass is 16.5. The van der Waals surface area contributed by atoms with E-state index in [0.29, 0.717) is 77.4 Å². The third kappa shape index (κ3) is 22.0. The molecular weight excluding hydrogens is 1610 g/mol. The number of ether oxygens (including phenoxy) is 5. The Morgan fingerprint density at radius 2 is 0.625 bits per heavy atom. The van der Waals surface area contributed by atoms with Crippen molar-refractivity contribution in [3.05, 3.63) is 172 Å². The van der Waals surface area contributed by atoms with E-state index in [1.807, 2.05) is 62.6 Å². The Morgan fingerprint density at radius 1 is 0.320 bits per heavy atom. The highest BCUT2D eigenvalue weighted by Gasteiger charge is 2.32. The van der Waals surface area contributed by atoms with Gasteiger partial charge in [0.05, 0.1) is 56.1 Å². The van der Waals surface area contributed by atoms with E-state index in [1.165, 1.54) is 78.6 Å². The molecule has 4 aromatic carbocycles. The summed E-state index contributed by atoms with van der Waals surface area (Å²) in [5.41, 5.74) is 16.6. The van der Waals surface area contributed by atoms with E-state index in [9.17, 15) is 0 Å². The molecule has 6 aliphatic heterocycles. The fourth-order valence-corrected chi connectivity index (χ4v) is 18.0. The fraction of sp³-hybridized carbons (Fsp3) is 0.546. The molecule has 7 aliphatic rings. The predicted molar refractivity (Wildman–Crippen MR) is 506 cm³/mol. The summed E-state index contributed by atoms with van der Waals surface area (Å²) in [5.74, 6) is 5.38. The Kier molecular flexibility index (Phi) is 29.8. The molecule has 7 fully saturated rings. The monoisotopic (exact) mass is 1740 g/mol. The van der Waals surface area contributed by atoms with Crippen LogP contribution in [0.15, 0.2) is 122 Å². The summed E-state index contributed by atoms with van der Waals surface area (Å²) in [5, 5.41) is 46.3. The maximum absolute atomic E-state index is 6.24. The van der Waals surface area contributed by atoms with Gasteiger partial charge in [0.2, 0.25) is 23.8 Å². The molecule has 128 heavy (non-hydrogen) atoms. The van der Waals surface area contributed by atoms with Crippen LogP contribution in [0.25, 0.3) is 22.6 Å². The molecule has 682 valence electrons. The van der Waals surface area contributed by atoms with Crippen LogP contribution in [0.3, 0.4) is 0 Å². The van der Waals surface area contributed by atoms with Crippen LogP contribution in [-0.4, -0.2) is 188 Å². The second kappa shape index (κ2) is 42.3. The third-order valence-corrected chi connectivity index (χ3v) is 25.5. The lowest BCUT2D eigenvalue weighted by atomic mass is 9.98. The zero-order chi connectivity index (χ0) is 88.7. The molecule has 0 bridgehead atoms. The first-order chi connectivity index (χ1) is 62.3. The zero-order valence-corrected chi connectivity index (χ0v) is 77.2. The van der Waals surface area contributed by atoms with Crippen LogP contribution in [0.4, 0.5) is 35.2 Å². The smallest absolute Gasteiger partial charge is 0.322 e. The van der Waals surface area contributed by atoms with Crippen LogP contribution in [-0.2, 0) is 0 Å². The van der Waals surface area contributed by atoms with Crippen LogP contribution in [0, 0.1) is 0 Å². The molecule has 0 spiro atoms. The maximum atomic E-state index is 6.24. The molecule has 14 heterocycles. The minimum atomic E-state index is 0.0184. The van der Waals surface area contributed by atoms with E-state index in [4.69, 9.17) is 58.6 Å². The number of anilines is 6. The second-order valence-corrected chi connectivity index (χ2v) is 36.6. The van der Waals surface area contributed by atoms with E-state index in [2.05, 4.69) is 234 Å². The standard InChI is InChI=1S/C26H37N7O.C25H35N7O.C24H32N6O.C22H30N6O2/c1-18(2)22-17-28-33-24(22)30-26(34-20-10-9-13-27-16-20)31-25(33)29-19(3)21-11-5-6-12-23(21)32-14-7-4-8-15-32;1-17(2)21-16-27-32-23(21)29-25(33-19-9-8-12-26-15-19)30-24(32)28-18(3)20-10-4-5-11-22(20)31-13-6-7-14-31;1-15(2)21-14-26-30-22(21)28-24(31-18-7-6-12-25-13-18)29-23(30)27-16(3)19-8-4-5-9-20(19)17-10-11-17;1-14(2)19-13-24-28-20(19)26-22(30-18-6-5-11-23-12-18)27-21(28)25-15(3)16-7-9-17(29-4)10-8-16/h5-6,11-12,17-20,27H,4,7-10,13-16H2,1-3H3,(H,29,30,31);4-5,10-11,16-19,26H,6-9,12-15H2,1-3H3,(H,28,29,30);4-5,8-9,14-18,25H,6-7,10-13H2,1-3H3,(H,27,28,29);7-10,13-15,18,23H,5-6,11-12H2,1-4H3,(H,25,26,27). The second-order valence-electron chi connectivity index (χ2n) is 36.6. The van der Waals surface area contributed by atoms with E-state index < -0.39 is 0 Å². The van der Waals surface area contributed by atoms with Gasteiger partial charge in [-0.15, -0.1) is 0 Å². The Morgan fingerprint density at radius 3 is 0.938 bits per heavy atom. The highest BCUT2D eigenvalue weighted by molar-refractivity contribution is 5.62. The van der Waals surface area contributed by atoms with Gasteiger partial charge in [0, 0.05) is 86.0 Å². The number of rotatable bonds is 28. The van der Waals surface area contributed by atoms with Crippen molar-refractivity contribution in [1.29, 1.82) is 0 Å². The Labute approximate surface area is 753 Å². The summed E-state index contributed by atoms with van der Waals surface area (Å²) in [6.07, 6.45) is 25.3. The molecule has 1 aliphatic carbocycles. The molecule has 12 aromatic rings. The normalized spacial score (nSPS) is 19.5. The van der Waals surface area contributed by atoms with E-state index in [0.717, 1.165) is 186 Å². The quantitative estimate of drug-likeness (QED) is 0.0226. The van der Waals surface area contributed by atoms with Gasteiger partial charge >= 0.3 is 24.0 Å². The number of nitrogens with zero attached hydrogens (tertiary/aromatic N) is 18. The van der Waals surface area contributed by atoms with Gasteiger partial charge in [-0.1, -0.05) is 128 Å². The summed E-state index contributed by atoms with van der Waals surface area (Å²) in [4.78, 5) is 43.0. The van der Waals surface area contributed by atoms with Crippen molar-refractivity contribution in [3.8, 4) is 29.8 Å². The van der Waals surface area contributed by atoms with Crippen LogP contribution in [0.2, 0.25) is 0 Å². The minimum Gasteiger partial charge on any atom is -0.497 e. The summed E-state index contributed by atoms with van der Waals surface area (Å²) < 4.78 is 37.3. The topological polar surface area (TPSA) is 321 Å². The van der Waals surface area contributed by atoms with Gasteiger partial charge in [-0.25, -0.2) is 0 Å². The van der Waals surface area contributed by atoms with Gasteiger partial charge in [0.25, 0.3) is 0 Å². The minimum absolute atomic E-state index is 0.0184. The lowest BCUT2D eigenvalue weighted by Gasteiger charge is -2.32. The number of benzene rings is 4. The SMILES string of the molecule is CC(C)c1cnn2c(NC(C)c3ccccc3C3CC3)nc(OC3CCCNC3)nc12.CC(C)c1cnn2c(NC(C)c3ccccc3N3CCCC3)nc(OC3CCCNC3)nc12.CC(C)c1cnn2c(NC(C)c3ccccc3N3CCCCC3)nc(OC3CCCNC3)nc12.COc1ccc(C(C)Nc2nc(OC3CCCNC3)nc3c(C(C)C)cnn23)cc1. The molecule has 0 radical (unpaired) electrons. The Bertz CT molecular complexity index is 5570. The number of methoxy groups -OCH3 is 1. The van der Waals surface area contributed by atoms with Gasteiger partial charge in [0.15, 0.2) is 22.6 Å². The van der Waals surface area contributed by atoms with E-state index >= 15 is 0 Å². The van der Waals surface area contributed by atoms with Gasteiger partial charge in [-0.05, 0) is 232 Å². The average Bonchev–Trinajstić information content (AvgIpc) is 1.67. The first-order valence-electron chi connectivity index (χ1n) is 47.3. The number of fused-ring (bicyclic) bond motifs is 4. The van der Waals surface area contributed by atoms with Gasteiger partial charge in [0.1, 0.15) is 30.2 Å². The van der Waals surface area contributed by atoms with Crippen LogP contribution in [0.5, 0.6) is 29.8 Å². The molecule has 8 unspecified atom stereocenters. The molecule has 31 heteroatoms. The van der Waals surface area contributed by atoms with Crippen LogP contribution in [0.1, 0.15) is 283 Å². The summed E-state index contributed by atoms with van der Waals surface area (Å²) in [6, 6.07) is 36.0. The maximum Gasteiger partial charge on any atom is 0.322 e. The van der Waals surface area contributed by atoms with Crippen molar-refractivity contribution in [2.24, 2.45) is 0 Å². The molecular formula is C97H134N26O5.